The second kappa shape index (κ2) is 9.61. The van der Waals surface area contributed by atoms with Gasteiger partial charge in [-0.1, -0.05) is 54.0 Å². The monoisotopic (exact) mass is 436 g/mol. The van der Waals surface area contributed by atoms with Crippen LogP contribution in [0.2, 0.25) is 0 Å². The van der Waals surface area contributed by atoms with Crippen molar-refractivity contribution in [2.45, 2.75) is 33.2 Å². The Balaban J connectivity index is 1.32. The fourth-order valence-electron chi connectivity index (χ4n) is 4.13. The van der Waals surface area contributed by atoms with Gasteiger partial charge in [0.25, 0.3) is 0 Å². The molecule has 1 aromatic heterocycles. The molecular formula is C25H29FN4O2. The number of carbonyl (C=O) groups is 1. The topological polar surface area (TPSA) is 62.5 Å². The molecule has 4 rings (SSSR count). The fourth-order valence-corrected chi connectivity index (χ4v) is 4.13. The molecule has 3 aromatic rings. The Bertz CT molecular complexity index is 1060. The predicted molar refractivity (Wildman–Crippen MR) is 120 cm³/mol. The molecule has 7 heteroatoms. The van der Waals surface area contributed by atoms with E-state index in [0.29, 0.717) is 31.2 Å². The smallest absolute Gasteiger partial charge is 0.244 e. The lowest BCUT2D eigenvalue weighted by Crippen LogP contribution is -2.50. The fraction of sp³-hybridized carbons (Fsp3) is 0.400. The zero-order valence-corrected chi connectivity index (χ0v) is 18.8. The van der Waals surface area contributed by atoms with Crippen LogP contribution in [0.25, 0.3) is 11.4 Å². The Labute approximate surface area is 188 Å². The van der Waals surface area contributed by atoms with Crippen LogP contribution < -0.4 is 0 Å². The number of hydrogen-bond donors (Lipinski definition) is 0. The van der Waals surface area contributed by atoms with Crippen molar-refractivity contribution in [2.24, 2.45) is 5.92 Å². The number of nitrogens with zero attached hydrogens (tertiary/aromatic N) is 4. The van der Waals surface area contributed by atoms with Gasteiger partial charge in [0.05, 0.1) is 6.04 Å². The van der Waals surface area contributed by atoms with Crippen molar-refractivity contribution < 1.29 is 13.7 Å². The van der Waals surface area contributed by atoms with E-state index in [-0.39, 0.29) is 23.7 Å². The molecule has 1 saturated heterocycles. The molecule has 1 aliphatic heterocycles. The SMILES string of the molecule is Cc1ccc(-c2noc(C(C)N3CCN(C(=O)C(C)Cc4cccc(F)c4)CC3)n2)cc1. The van der Waals surface area contributed by atoms with Crippen LogP contribution in [0.1, 0.15) is 36.9 Å². The summed E-state index contributed by atoms with van der Waals surface area (Å²) in [6.45, 7) is 8.78. The van der Waals surface area contributed by atoms with Gasteiger partial charge in [0.1, 0.15) is 5.82 Å². The van der Waals surface area contributed by atoms with Crippen LogP contribution in [0.4, 0.5) is 4.39 Å². The first kappa shape index (κ1) is 22.1. The van der Waals surface area contributed by atoms with Gasteiger partial charge in [0.15, 0.2) is 0 Å². The number of hydrogen-bond acceptors (Lipinski definition) is 5. The molecule has 1 amide bonds. The van der Waals surface area contributed by atoms with Gasteiger partial charge in [-0.2, -0.15) is 4.98 Å². The number of rotatable bonds is 6. The number of carbonyl (C=O) groups excluding carboxylic acids is 1. The number of amides is 1. The molecule has 1 fully saturated rings. The summed E-state index contributed by atoms with van der Waals surface area (Å²) in [5.74, 6) is 0.831. The van der Waals surface area contributed by atoms with Crippen molar-refractivity contribution in [3.8, 4) is 11.4 Å². The van der Waals surface area contributed by atoms with Crippen molar-refractivity contribution in [3.05, 3.63) is 71.4 Å². The number of aryl methyl sites for hydroxylation is 1. The highest BCUT2D eigenvalue weighted by molar-refractivity contribution is 5.79. The van der Waals surface area contributed by atoms with Crippen molar-refractivity contribution in [1.82, 2.24) is 19.9 Å². The summed E-state index contributed by atoms with van der Waals surface area (Å²) in [6, 6.07) is 14.5. The molecule has 0 aliphatic carbocycles. The minimum Gasteiger partial charge on any atom is -0.340 e. The van der Waals surface area contributed by atoms with Gasteiger partial charge in [-0.3, -0.25) is 9.69 Å². The van der Waals surface area contributed by atoms with Gasteiger partial charge in [0.2, 0.25) is 17.6 Å². The maximum absolute atomic E-state index is 13.4. The maximum Gasteiger partial charge on any atom is 0.244 e. The average Bonchev–Trinajstić information content (AvgIpc) is 3.29. The van der Waals surface area contributed by atoms with E-state index < -0.39 is 0 Å². The molecule has 0 spiro atoms. The van der Waals surface area contributed by atoms with Crippen LogP contribution in [0, 0.1) is 18.7 Å². The van der Waals surface area contributed by atoms with Gasteiger partial charge in [-0.15, -0.1) is 0 Å². The lowest BCUT2D eigenvalue weighted by Gasteiger charge is -2.37. The van der Waals surface area contributed by atoms with Gasteiger partial charge < -0.3 is 9.42 Å². The largest absolute Gasteiger partial charge is 0.340 e. The first-order chi connectivity index (χ1) is 15.4. The number of benzene rings is 2. The summed E-state index contributed by atoms with van der Waals surface area (Å²) in [7, 11) is 0. The summed E-state index contributed by atoms with van der Waals surface area (Å²) >= 11 is 0. The highest BCUT2D eigenvalue weighted by atomic mass is 19.1. The molecule has 168 valence electrons. The highest BCUT2D eigenvalue weighted by Gasteiger charge is 2.29. The van der Waals surface area contributed by atoms with Crippen LogP contribution in [0.5, 0.6) is 0 Å². The quantitative estimate of drug-likeness (QED) is 0.578. The normalized spacial score (nSPS) is 16.7. The lowest BCUT2D eigenvalue weighted by molar-refractivity contribution is -0.137. The molecule has 0 saturated carbocycles. The van der Waals surface area contributed by atoms with Gasteiger partial charge >= 0.3 is 0 Å². The van der Waals surface area contributed by atoms with E-state index in [1.165, 1.54) is 17.7 Å². The maximum atomic E-state index is 13.4. The Morgan fingerprint density at radius 1 is 1.09 bits per heavy atom. The summed E-state index contributed by atoms with van der Waals surface area (Å²) in [5.41, 5.74) is 2.96. The molecular weight excluding hydrogens is 407 g/mol. The highest BCUT2D eigenvalue weighted by Crippen LogP contribution is 2.24. The molecule has 6 nitrogen and oxygen atoms in total. The Morgan fingerprint density at radius 3 is 2.50 bits per heavy atom. The molecule has 1 aliphatic rings. The molecule has 2 aromatic carbocycles. The summed E-state index contributed by atoms with van der Waals surface area (Å²) in [4.78, 5) is 21.6. The van der Waals surface area contributed by atoms with Crippen molar-refractivity contribution in [1.29, 1.82) is 0 Å². The van der Waals surface area contributed by atoms with Gasteiger partial charge in [-0.25, -0.2) is 4.39 Å². The zero-order chi connectivity index (χ0) is 22.7. The van der Waals surface area contributed by atoms with Crippen LogP contribution in [-0.4, -0.2) is 52.0 Å². The molecule has 32 heavy (non-hydrogen) atoms. The predicted octanol–water partition coefficient (Wildman–Crippen LogP) is 4.27. The molecule has 2 unspecified atom stereocenters. The van der Waals surface area contributed by atoms with E-state index in [4.69, 9.17) is 4.52 Å². The van der Waals surface area contributed by atoms with Crippen molar-refractivity contribution in [2.75, 3.05) is 26.2 Å². The van der Waals surface area contributed by atoms with E-state index in [2.05, 4.69) is 22.0 Å². The molecule has 0 radical (unpaired) electrons. The third-order valence-corrected chi connectivity index (χ3v) is 6.14. The van der Waals surface area contributed by atoms with E-state index in [0.717, 1.165) is 24.2 Å². The zero-order valence-electron chi connectivity index (χ0n) is 18.8. The number of aromatic nitrogens is 2. The van der Waals surface area contributed by atoms with E-state index in [1.807, 2.05) is 49.1 Å². The van der Waals surface area contributed by atoms with Crippen LogP contribution in [-0.2, 0) is 11.2 Å². The molecule has 0 bridgehead atoms. The van der Waals surface area contributed by atoms with E-state index in [1.54, 1.807) is 6.07 Å². The molecule has 2 atom stereocenters. The second-order valence-electron chi connectivity index (χ2n) is 8.59. The summed E-state index contributed by atoms with van der Waals surface area (Å²) in [5, 5.41) is 4.14. The van der Waals surface area contributed by atoms with Crippen LogP contribution in [0.15, 0.2) is 53.1 Å². The minimum atomic E-state index is -0.267. The Kier molecular flexibility index (Phi) is 6.65. The first-order valence-corrected chi connectivity index (χ1v) is 11.1. The average molecular weight is 437 g/mol. The standard InChI is InChI=1S/C25H29FN4O2/c1-17-7-9-21(10-8-17)23-27-24(32-28-23)19(3)29-11-13-30(14-12-29)25(31)18(2)15-20-5-4-6-22(26)16-20/h4-10,16,18-19H,11-15H2,1-3H3. The summed E-state index contributed by atoms with van der Waals surface area (Å²) in [6.07, 6.45) is 0.539. The van der Waals surface area contributed by atoms with E-state index in [9.17, 15) is 9.18 Å². The third-order valence-electron chi connectivity index (χ3n) is 6.14. The van der Waals surface area contributed by atoms with Crippen molar-refractivity contribution in [3.63, 3.8) is 0 Å². The first-order valence-electron chi connectivity index (χ1n) is 11.1. The summed E-state index contributed by atoms with van der Waals surface area (Å²) < 4.78 is 19.0. The van der Waals surface area contributed by atoms with Crippen LogP contribution >= 0.6 is 0 Å². The molecule has 2 heterocycles. The van der Waals surface area contributed by atoms with Gasteiger partial charge in [0, 0.05) is 37.7 Å². The number of piperazine rings is 1. The van der Waals surface area contributed by atoms with Crippen molar-refractivity contribution >= 4 is 5.91 Å². The molecule has 0 N–H and O–H groups in total. The second-order valence-corrected chi connectivity index (χ2v) is 8.59. The third kappa shape index (κ3) is 5.05. The Hall–Kier alpha value is -3.06. The minimum absolute atomic E-state index is 0.0244. The van der Waals surface area contributed by atoms with Crippen LogP contribution in [0.3, 0.4) is 0 Å². The van der Waals surface area contributed by atoms with E-state index >= 15 is 0 Å². The number of halogens is 1. The Morgan fingerprint density at radius 2 is 1.81 bits per heavy atom. The lowest BCUT2D eigenvalue weighted by atomic mass is 9.99. The van der Waals surface area contributed by atoms with Gasteiger partial charge in [-0.05, 0) is 38.0 Å².